The smallest absolute Gasteiger partial charge is 0.0276 e. The van der Waals surface area contributed by atoms with Crippen LogP contribution >= 0.6 is 0 Å². The van der Waals surface area contributed by atoms with Crippen LogP contribution in [-0.2, 0) is 0 Å². The summed E-state index contributed by atoms with van der Waals surface area (Å²) < 4.78 is 0. The van der Waals surface area contributed by atoms with Gasteiger partial charge in [0.15, 0.2) is 0 Å². The zero-order valence-corrected chi connectivity index (χ0v) is 9.17. The molecule has 0 aliphatic heterocycles. The highest BCUT2D eigenvalue weighted by molar-refractivity contribution is 5.82. The average molecular weight is 187 g/mol. The number of nitrogens with zero attached hydrogens (tertiary/aromatic N) is 1. The van der Waals surface area contributed by atoms with Gasteiger partial charge in [0.2, 0.25) is 0 Å². The van der Waals surface area contributed by atoms with E-state index in [1.54, 1.807) is 11.1 Å². The molecule has 0 aromatic heterocycles. The molecule has 0 bridgehead atoms. The molecule has 1 nitrogen and oxygen atoms in total. The van der Waals surface area contributed by atoms with Crippen LogP contribution in [0.4, 0.5) is 0 Å². The Balaban J connectivity index is 1.94. The summed E-state index contributed by atoms with van der Waals surface area (Å²) in [6.45, 7) is 4.27. The molecule has 0 radical (unpaired) electrons. The van der Waals surface area contributed by atoms with Crippen molar-refractivity contribution in [1.82, 2.24) is 0 Å². The first-order valence-electron chi connectivity index (χ1n) is 5.25. The van der Waals surface area contributed by atoms with Gasteiger partial charge in [0.05, 0.1) is 0 Å². The minimum atomic E-state index is 0.736. The number of fused-ring (bicyclic) bond motifs is 1. The predicted octanol–water partition coefficient (Wildman–Crippen LogP) is 3.31. The number of benzene rings is 1. The van der Waals surface area contributed by atoms with Crippen molar-refractivity contribution in [3.8, 4) is 0 Å². The zero-order valence-electron chi connectivity index (χ0n) is 9.17. The molecule has 1 atom stereocenters. The van der Waals surface area contributed by atoms with Gasteiger partial charge in [0.25, 0.3) is 0 Å². The van der Waals surface area contributed by atoms with E-state index in [9.17, 15) is 0 Å². The van der Waals surface area contributed by atoms with Crippen LogP contribution in [0.25, 0.3) is 0 Å². The lowest BCUT2D eigenvalue weighted by molar-refractivity contribution is 0.849. The molecule has 1 aromatic rings. The van der Waals surface area contributed by atoms with Gasteiger partial charge in [0, 0.05) is 18.7 Å². The molecule has 74 valence electrons. The quantitative estimate of drug-likeness (QED) is 0.644. The van der Waals surface area contributed by atoms with Crippen molar-refractivity contribution in [3.05, 3.63) is 34.9 Å². The molecule has 1 heteroatoms. The Morgan fingerprint density at radius 1 is 1.36 bits per heavy atom. The van der Waals surface area contributed by atoms with Gasteiger partial charge in [-0.1, -0.05) is 23.8 Å². The third-order valence-corrected chi connectivity index (χ3v) is 3.09. The zero-order chi connectivity index (χ0) is 10.1. The van der Waals surface area contributed by atoms with Crippen molar-refractivity contribution in [2.24, 2.45) is 4.99 Å². The summed E-state index contributed by atoms with van der Waals surface area (Å²) in [6.07, 6.45) is 2.37. The van der Waals surface area contributed by atoms with Gasteiger partial charge in [0.1, 0.15) is 0 Å². The molecule has 1 aromatic carbocycles. The van der Waals surface area contributed by atoms with Crippen molar-refractivity contribution in [1.29, 1.82) is 0 Å². The van der Waals surface area contributed by atoms with E-state index in [4.69, 9.17) is 0 Å². The van der Waals surface area contributed by atoms with Gasteiger partial charge in [-0.2, -0.15) is 0 Å². The Bertz CT molecular complexity index is 377. The molecule has 0 fully saturated rings. The van der Waals surface area contributed by atoms with Crippen molar-refractivity contribution >= 4 is 5.71 Å². The van der Waals surface area contributed by atoms with Gasteiger partial charge in [-0.05, 0) is 37.8 Å². The molecular weight excluding hydrogens is 170 g/mol. The first-order chi connectivity index (χ1) is 6.72. The molecule has 0 heterocycles. The van der Waals surface area contributed by atoms with Crippen LogP contribution in [0.15, 0.2) is 23.2 Å². The highest BCUT2D eigenvalue weighted by atomic mass is 14.7. The average Bonchev–Trinajstić information content (AvgIpc) is 2.86. The second-order valence-electron chi connectivity index (χ2n) is 4.18. The van der Waals surface area contributed by atoms with E-state index in [0.717, 1.165) is 12.3 Å². The lowest BCUT2D eigenvalue weighted by atomic mass is 10.1. The lowest BCUT2D eigenvalue weighted by Gasteiger charge is -1.96. The SMILES string of the molecule is C/N=C(/C)CCC1c2ccc(C)cc21. The van der Waals surface area contributed by atoms with E-state index in [1.165, 1.54) is 17.7 Å². The van der Waals surface area contributed by atoms with Crippen LogP contribution in [0.2, 0.25) is 0 Å². The molecule has 0 saturated heterocycles. The van der Waals surface area contributed by atoms with Crippen molar-refractivity contribution in [3.63, 3.8) is 0 Å². The van der Waals surface area contributed by atoms with E-state index in [-0.39, 0.29) is 0 Å². The molecule has 1 aliphatic rings. The third kappa shape index (κ3) is 1.72. The highest BCUT2D eigenvalue weighted by Crippen LogP contribution is 2.46. The van der Waals surface area contributed by atoms with Crippen molar-refractivity contribution in [2.75, 3.05) is 7.05 Å². The van der Waals surface area contributed by atoms with Crippen molar-refractivity contribution in [2.45, 2.75) is 32.6 Å². The monoisotopic (exact) mass is 187 g/mol. The maximum absolute atomic E-state index is 4.19. The summed E-state index contributed by atoms with van der Waals surface area (Å²) in [7, 11) is 1.87. The fourth-order valence-corrected chi connectivity index (χ4v) is 2.00. The topological polar surface area (TPSA) is 12.4 Å². The maximum atomic E-state index is 4.19. The second-order valence-corrected chi connectivity index (χ2v) is 4.18. The van der Waals surface area contributed by atoms with Gasteiger partial charge in [-0.15, -0.1) is 0 Å². The van der Waals surface area contributed by atoms with Gasteiger partial charge >= 0.3 is 0 Å². The Labute approximate surface area is 85.9 Å². The number of aryl methyl sites for hydroxylation is 1. The van der Waals surface area contributed by atoms with Crippen LogP contribution in [0, 0.1) is 6.92 Å². The Morgan fingerprint density at radius 2 is 2.14 bits per heavy atom. The van der Waals surface area contributed by atoms with Gasteiger partial charge < -0.3 is 0 Å². The first-order valence-corrected chi connectivity index (χ1v) is 5.25. The van der Waals surface area contributed by atoms with E-state index >= 15 is 0 Å². The number of aliphatic imine (C=N–C) groups is 1. The molecule has 14 heavy (non-hydrogen) atoms. The van der Waals surface area contributed by atoms with Crippen LogP contribution in [0.1, 0.15) is 42.4 Å². The molecular formula is C13H17N. The first kappa shape index (κ1) is 9.45. The van der Waals surface area contributed by atoms with E-state index in [0.29, 0.717) is 0 Å². The molecule has 0 N–H and O–H groups in total. The largest absolute Gasteiger partial charge is 0.298 e. The Morgan fingerprint density at radius 3 is 2.79 bits per heavy atom. The molecule has 0 amide bonds. The molecule has 2 rings (SSSR count). The highest BCUT2D eigenvalue weighted by Gasteiger charge is 2.31. The Hall–Kier alpha value is -1.11. The minimum absolute atomic E-state index is 0.736. The van der Waals surface area contributed by atoms with E-state index in [1.807, 2.05) is 7.05 Å². The second kappa shape index (κ2) is 3.56. The molecule has 0 saturated carbocycles. The summed E-state index contributed by atoms with van der Waals surface area (Å²) >= 11 is 0. The summed E-state index contributed by atoms with van der Waals surface area (Å²) in [5.74, 6) is 0.736. The van der Waals surface area contributed by atoms with Crippen LogP contribution in [-0.4, -0.2) is 12.8 Å². The van der Waals surface area contributed by atoms with E-state index < -0.39 is 0 Å². The standard InChI is InChI=1S/C13H17N/c1-9-4-6-11-12(13(11)8-9)7-5-10(2)14-3/h4,6,8,12H,5,7H2,1-3H3/b14-10-. The fraction of sp³-hybridized carbons (Fsp3) is 0.462. The summed E-state index contributed by atoms with van der Waals surface area (Å²) in [4.78, 5) is 4.19. The lowest BCUT2D eigenvalue weighted by Crippen LogP contribution is -1.91. The predicted molar refractivity (Wildman–Crippen MR) is 61.3 cm³/mol. The van der Waals surface area contributed by atoms with Gasteiger partial charge in [-0.25, -0.2) is 0 Å². The van der Waals surface area contributed by atoms with Crippen molar-refractivity contribution < 1.29 is 0 Å². The number of hydrogen-bond donors (Lipinski definition) is 0. The number of rotatable bonds is 3. The summed E-state index contributed by atoms with van der Waals surface area (Å²) in [5.41, 5.74) is 5.76. The third-order valence-electron chi connectivity index (χ3n) is 3.09. The van der Waals surface area contributed by atoms with Crippen LogP contribution in [0.5, 0.6) is 0 Å². The minimum Gasteiger partial charge on any atom is -0.298 e. The maximum Gasteiger partial charge on any atom is 0.0276 e. The normalized spacial score (nSPS) is 19.4. The van der Waals surface area contributed by atoms with Crippen LogP contribution < -0.4 is 0 Å². The fourth-order valence-electron chi connectivity index (χ4n) is 2.00. The summed E-state index contributed by atoms with van der Waals surface area (Å²) in [6, 6.07) is 6.80. The molecule has 1 aliphatic carbocycles. The molecule has 0 spiro atoms. The molecule has 1 unspecified atom stereocenters. The summed E-state index contributed by atoms with van der Waals surface area (Å²) in [5, 5.41) is 0. The van der Waals surface area contributed by atoms with Crippen LogP contribution in [0.3, 0.4) is 0 Å². The Kier molecular flexibility index (Phi) is 2.40. The van der Waals surface area contributed by atoms with Gasteiger partial charge in [-0.3, -0.25) is 4.99 Å². The van der Waals surface area contributed by atoms with E-state index in [2.05, 4.69) is 37.0 Å². The number of hydrogen-bond acceptors (Lipinski definition) is 1.